The van der Waals surface area contributed by atoms with Crippen LogP contribution < -0.4 is 5.32 Å². The minimum absolute atomic E-state index is 0.00590. The Bertz CT molecular complexity index is 630. The zero-order valence-corrected chi connectivity index (χ0v) is 12.8. The number of hydrogen-bond donors (Lipinski definition) is 1. The zero-order valence-electron chi connectivity index (χ0n) is 11.3. The second-order valence-corrected chi connectivity index (χ2v) is 5.50. The third-order valence-corrected chi connectivity index (χ3v) is 3.34. The molecule has 0 bridgehead atoms. The second-order valence-electron chi connectivity index (χ2n) is 4.69. The summed E-state index contributed by atoms with van der Waals surface area (Å²) in [4.78, 5) is 12.3. The van der Waals surface area contributed by atoms with E-state index < -0.39 is 0 Å². The summed E-state index contributed by atoms with van der Waals surface area (Å²) >= 11 is 12.3. The summed E-state index contributed by atoms with van der Waals surface area (Å²) in [7, 11) is 0. The summed E-state index contributed by atoms with van der Waals surface area (Å²) in [6.07, 6.45) is 0. The third-order valence-electron chi connectivity index (χ3n) is 2.71. The van der Waals surface area contributed by atoms with E-state index in [9.17, 15) is 4.79 Å². The maximum Gasteiger partial charge on any atom is 0.257 e. The molecule has 1 amide bonds. The van der Waals surface area contributed by atoms with Crippen LogP contribution >= 0.6 is 23.2 Å². The lowest BCUT2D eigenvalue weighted by molar-refractivity contribution is 0.0942. The number of hydrogen-bond acceptors (Lipinski definition) is 3. The van der Waals surface area contributed by atoms with E-state index in [0.717, 1.165) is 0 Å². The van der Waals surface area contributed by atoms with Gasteiger partial charge in [0.1, 0.15) is 17.0 Å². The highest BCUT2D eigenvalue weighted by Crippen LogP contribution is 2.36. The Morgan fingerprint density at radius 3 is 2.45 bits per heavy atom. The van der Waals surface area contributed by atoms with Crippen LogP contribution in [0, 0.1) is 6.92 Å². The number of aromatic nitrogens is 1. The first-order chi connectivity index (χ1) is 9.41. The Morgan fingerprint density at radius 1 is 1.30 bits per heavy atom. The largest absolute Gasteiger partial charge is 0.360 e. The van der Waals surface area contributed by atoms with Crippen LogP contribution in [0.1, 0.15) is 30.0 Å². The van der Waals surface area contributed by atoms with Crippen LogP contribution in [-0.2, 0) is 0 Å². The standard InChI is InChI=1S/C14H14Cl2N2O2/c1-7(2)17-14(19)11-8(3)20-18-13(11)12-9(15)5-4-6-10(12)16/h4-7H,1-3H3,(H,17,19). The van der Waals surface area contributed by atoms with Gasteiger partial charge in [0.05, 0.1) is 10.0 Å². The number of amides is 1. The summed E-state index contributed by atoms with van der Waals surface area (Å²) in [6, 6.07) is 5.12. The summed E-state index contributed by atoms with van der Waals surface area (Å²) in [5.41, 5.74) is 1.21. The highest BCUT2D eigenvalue weighted by molar-refractivity contribution is 6.39. The Balaban J connectivity index is 2.57. The molecule has 2 rings (SSSR count). The van der Waals surface area contributed by atoms with E-state index in [1.165, 1.54) is 0 Å². The van der Waals surface area contributed by atoms with Crippen LogP contribution in [0.15, 0.2) is 22.7 Å². The normalized spacial score (nSPS) is 10.9. The van der Waals surface area contributed by atoms with Crippen LogP contribution in [-0.4, -0.2) is 17.1 Å². The lowest BCUT2D eigenvalue weighted by Gasteiger charge is -2.09. The molecule has 0 spiro atoms. The van der Waals surface area contributed by atoms with Gasteiger partial charge >= 0.3 is 0 Å². The SMILES string of the molecule is Cc1onc(-c2c(Cl)cccc2Cl)c1C(=O)NC(C)C. The predicted molar refractivity (Wildman–Crippen MR) is 79.3 cm³/mol. The van der Waals surface area contributed by atoms with Crippen LogP contribution in [0.5, 0.6) is 0 Å². The van der Waals surface area contributed by atoms with E-state index in [1.54, 1.807) is 25.1 Å². The molecule has 1 aromatic carbocycles. The number of rotatable bonds is 3. The fraction of sp³-hybridized carbons (Fsp3) is 0.286. The van der Waals surface area contributed by atoms with Crippen LogP contribution in [0.4, 0.5) is 0 Å². The van der Waals surface area contributed by atoms with Gasteiger partial charge in [-0.1, -0.05) is 34.4 Å². The number of benzene rings is 1. The Hall–Kier alpha value is -1.52. The average molecular weight is 313 g/mol. The van der Waals surface area contributed by atoms with Crippen LogP contribution in [0.3, 0.4) is 0 Å². The van der Waals surface area contributed by atoms with Gasteiger partial charge in [0, 0.05) is 11.6 Å². The molecule has 0 aliphatic carbocycles. The van der Waals surface area contributed by atoms with Crippen molar-refractivity contribution in [3.05, 3.63) is 39.6 Å². The molecule has 1 heterocycles. The van der Waals surface area contributed by atoms with Crippen molar-refractivity contribution < 1.29 is 9.32 Å². The van der Waals surface area contributed by atoms with Crippen molar-refractivity contribution >= 4 is 29.1 Å². The van der Waals surface area contributed by atoms with Crippen molar-refractivity contribution in [1.82, 2.24) is 10.5 Å². The van der Waals surface area contributed by atoms with Crippen molar-refractivity contribution in [2.75, 3.05) is 0 Å². The predicted octanol–water partition coefficient (Wildman–Crippen LogP) is 4.10. The number of carbonyl (C=O) groups is 1. The van der Waals surface area contributed by atoms with E-state index in [0.29, 0.717) is 32.6 Å². The minimum Gasteiger partial charge on any atom is -0.360 e. The molecule has 0 saturated heterocycles. The van der Waals surface area contributed by atoms with Gasteiger partial charge in [0.15, 0.2) is 0 Å². The van der Waals surface area contributed by atoms with Gasteiger partial charge in [0.25, 0.3) is 5.91 Å². The maximum absolute atomic E-state index is 12.3. The van der Waals surface area contributed by atoms with E-state index in [4.69, 9.17) is 27.7 Å². The van der Waals surface area contributed by atoms with Crippen molar-refractivity contribution in [2.45, 2.75) is 26.8 Å². The Kier molecular flexibility index (Phi) is 4.35. The van der Waals surface area contributed by atoms with E-state index in [2.05, 4.69) is 10.5 Å². The first-order valence-electron chi connectivity index (χ1n) is 6.13. The second kappa shape index (κ2) is 5.85. The van der Waals surface area contributed by atoms with E-state index in [1.807, 2.05) is 13.8 Å². The maximum atomic E-state index is 12.3. The highest BCUT2D eigenvalue weighted by atomic mass is 35.5. The molecule has 0 aliphatic rings. The quantitative estimate of drug-likeness (QED) is 0.928. The Morgan fingerprint density at radius 2 is 1.90 bits per heavy atom. The van der Waals surface area contributed by atoms with Crippen molar-refractivity contribution in [2.24, 2.45) is 0 Å². The van der Waals surface area contributed by atoms with Crippen molar-refractivity contribution in [3.8, 4) is 11.3 Å². The lowest BCUT2D eigenvalue weighted by atomic mass is 10.1. The monoisotopic (exact) mass is 312 g/mol. The molecule has 0 unspecified atom stereocenters. The van der Waals surface area contributed by atoms with Crippen molar-refractivity contribution in [3.63, 3.8) is 0 Å². The van der Waals surface area contributed by atoms with E-state index in [-0.39, 0.29) is 11.9 Å². The summed E-state index contributed by atoms with van der Waals surface area (Å²) in [5, 5.41) is 7.58. The molecule has 0 radical (unpaired) electrons. The first-order valence-corrected chi connectivity index (χ1v) is 6.89. The molecule has 0 atom stereocenters. The molecule has 6 heteroatoms. The molecule has 0 saturated carbocycles. The van der Waals surface area contributed by atoms with Gasteiger partial charge in [-0.15, -0.1) is 0 Å². The third kappa shape index (κ3) is 2.81. The van der Waals surface area contributed by atoms with E-state index >= 15 is 0 Å². The molecule has 0 fully saturated rings. The van der Waals surface area contributed by atoms with Crippen molar-refractivity contribution in [1.29, 1.82) is 0 Å². The molecule has 2 aromatic rings. The van der Waals surface area contributed by atoms with Gasteiger partial charge in [-0.3, -0.25) is 4.79 Å². The summed E-state index contributed by atoms with van der Waals surface area (Å²) in [6.45, 7) is 5.43. The molecule has 20 heavy (non-hydrogen) atoms. The molecule has 4 nitrogen and oxygen atoms in total. The molecule has 1 aromatic heterocycles. The zero-order chi connectivity index (χ0) is 14.9. The number of halogens is 2. The topological polar surface area (TPSA) is 55.1 Å². The first kappa shape index (κ1) is 14.9. The fourth-order valence-electron chi connectivity index (χ4n) is 1.87. The van der Waals surface area contributed by atoms with Gasteiger partial charge in [0.2, 0.25) is 0 Å². The fourth-order valence-corrected chi connectivity index (χ4v) is 2.45. The van der Waals surface area contributed by atoms with Crippen LogP contribution in [0.25, 0.3) is 11.3 Å². The molecular formula is C14H14Cl2N2O2. The number of nitrogens with zero attached hydrogens (tertiary/aromatic N) is 1. The Labute approximate surface area is 127 Å². The number of carbonyl (C=O) groups excluding carboxylic acids is 1. The molecule has 1 N–H and O–H groups in total. The van der Waals surface area contributed by atoms with Gasteiger partial charge in [-0.2, -0.15) is 0 Å². The van der Waals surface area contributed by atoms with Gasteiger partial charge in [-0.25, -0.2) is 0 Å². The summed E-state index contributed by atoms with van der Waals surface area (Å²) < 4.78 is 5.13. The lowest BCUT2D eigenvalue weighted by Crippen LogP contribution is -2.30. The molecular weight excluding hydrogens is 299 g/mol. The minimum atomic E-state index is -0.260. The van der Waals surface area contributed by atoms with Crippen LogP contribution in [0.2, 0.25) is 10.0 Å². The molecule has 0 aliphatic heterocycles. The highest BCUT2D eigenvalue weighted by Gasteiger charge is 2.24. The smallest absolute Gasteiger partial charge is 0.257 e. The summed E-state index contributed by atoms with van der Waals surface area (Å²) in [5.74, 6) is 0.166. The molecule has 106 valence electrons. The van der Waals surface area contributed by atoms with Gasteiger partial charge in [-0.05, 0) is 32.9 Å². The number of nitrogens with one attached hydrogen (secondary N) is 1. The van der Waals surface area contributed by atoms with Gasteiger partial charge < -0.3 is 9.84 Å². The number of aryl methyl sites for hydroxylation is 1. The average Bonchev–Trinajstić information content (AvgIpc) is 2.70.